The van der Waals surface area contributed by atoms with Crippen molar-refractivity contribution < 1.29 is 23.7 Å². The number of aromatic nitrogens is 6. The highest BCUT2D eigenvalue weighted by molar-refractivity contribution is 6.76. The van der Waals surface area contributed by atoms with Gasteiger partial charge in [-0.15, -0.1) is 0 Å². The molecule has 4 aromatic heterocycles. The summed E-state index contributed by atoms with van der Waals surface area (Å²) < 4.78 is 26.7. The Balaban J connectivity index is 1.47. The van der Waals surface area contributed by atoms with Crippen LogP contribution >= 0.6 is 0 Å². The second-order valence-corrected chi connectivity index (χ2v) is 30.1. The molecule has 0 radical (unpaired) electrons. The van der Waals surface area contributed by atoms with Gasteiger partial charge in [0.05, 0.1) is 24.8 Å². The molecule has 15 heteroatoms. The van der Waals surface area contributed by atoms with Gasteiger partial charge < -0.3 is 33.7 Å². The lowest BCUT2D eigenvalue weighted by Gasteiger charge is -2.40. The number of hydrogen-bond acceptors (Lipinski definition) is 10. The number of hydrogen-bond donors (Lipinski definition) is 1. The van der Waals surface area contributed by atoms with Crippen molar-refractivity contribution in [2.45, 2.75) is 128 Å². The van der Waals surface area contributed by atoms with E-state index in [1.54, 1.807) is 18.7 Å². The van der Waals surface area contributed by atoms with Crippen LogP contribution < -0.4 is 4.90 Å². The van der Waals surface area contributed by atoms with Crippen molar-refractivity contribution in [3.8, 4) is 22.6 Å². The SMILES string of the molecule is CCO/C=C\c1c(C2C[C@H]3CC[C@@H](C2)N3C(=O)OC(C)(C)C)nc2c(-c3ccc(-c4ncc[nH]4)nc3)cnn2c1N(COCC[Si](C)(C)C)COCC[Si](C)(C)C. The Kier molecular flexibility index (Phi) is 13.3. The number of H-pyrrole nitrogens is 1. The second kappa shape index (κ2) is 17.8. The fourth-order valence-electron chi connectivity index (χ4n) is 7.58. The number of carbonyl (C=O) groups is 1. The monoisotopic (exact) mass is 816 g/mol. The standard InChI is InChI=1S/C42H64N8O5Si2/c1-11-52-19-16-34-37(31-24-32-13-14-33(25-31)49(32)41(51)55-42(2,3)4)47-39-35(30-12-15-36(45-26-30)38-43-17-18-44-38)27-46-50(39)40(34)48(28-53-20-22-56(5,6)7)29-54-21-23-57(8,9)10/h12,15-19,26-27,31-33H,11,13-14,20-25,28-29H2,1-10H3,(H,43,44)/b19-16-/t31?,32-,33+. The van der Waals surface area contributed by atoms with Crippen molar-refractivity contribution >= 4 is 39.8 Å². The summed E-state index contributed by atoms with van der Waals surface area (Å²) in [5, 5.41) is 5.03. The van der Waals surface area contributed by atoms with Gasteiger partial charge in [-0.2, -0.15) is 9.61 Å². The minimum absolute atomic E-state index is 0.0578. The first kappa shape index (κ1) is 42.5. The van der Waals surface area contributed by atoms with E-state index in [4.69, 9.17) is 34.0 Å². The van der Waals surface area contributed by atoms with Crippen LogP contribution in [0.4, 0.5) is 10.6 Å². The van der Waals surface area contributed by atoms with Crippen LogP contribution in [0.15, 0.2) is 43.2 Å². The van der Waals surface area contributed by atoms with Crippen LogP contribution in [0.3, 0.4) is 0 Å². The summed E-state index contributed by atoms with van der Waals surface area (Å²) in [6.45, 7) is 24.5. The van der Waals surface area contributed by atoms with Crippen LogP contribution in [-0.4, -0.2) is 108 Å². The summed E-state index contributed by atoms with van der Waals surface area (Å²) in [6.07, 6.45) is 14.2. The average Bonchev–Trinajstić information content (AvgIpc) is 3.88. The molecule has 1 N–H and O–H groups in total. The quantitative estimate of drug-likeness (QED) is 0.0476. The maximum atomic E-state index is 13.5. The molecule has 2 bridgehead atoms. The van der Waals surface area contributed by atoms with Gasteiger partial charge in [0, 0.05) is 82.6 Å². The van der Waals surface area contributed by atoms with E-state index >= 15 is 0 Å². The van der Waals surface area contributed by atoms with Crippen LogP contribution in [0.5, 0.6) is 0 Å². The maximum Gasteiger partial charge on any atom is 0.410 e. The molecule has 2 saturated heterocycles. The van der Waals surface area contributed by atoms with Crippen LogP contribution in [0.2, 0.25) is 51.4 Å². The fourth-order valence-corrected chi connectivity index (χ4v) is 9.09. The number of rotatable bonds is 17. The molecule has 0 saturated carbocycles. The Morgan fingerprint density at radius 1 is 0.965 bits per heavy atom. The number of piperidine rings is 1. The number of aromatic amines is 1. The van der Waals surface area contributed by atoms with E-state index in [1.165, 1.54) is 0 Å². The Bertz CT molecular complexity index is 1930. The molecular weight excluding hydrogens is 753 g/mol. The normalized spacial score (nSPS) is 18.8. The molecule has 0 aromatic carbocycles. The number of carbonyl (C=O) groups excluding carboxylic acids is 1. The molecule has 310 valence electrons. The smallest absolute Gasteiger partial charge is 0.410 e. The summed E-state index contributed by atoms with van der Waals surface area (Å²) >= 11 is 0. The largest absolute Gasteiger partial charge is 0.501 e. The summed E-state index contributed by atoms with van der Waals surface area (Å²) in [4.78, 5) is 35.5. The number of nitrogens with zero attached hydrogens (tertiary/aromatic N) is 7. The number of amides is 1. The third-order valence-electron chi connectivity index (χ3n) is 10.5. The number of ether oxygens (including phenoxy) is 4. The zero-order valence-corrected chi connectivity index (χ0v) is 37.8. The molecule has 2 fully saturated rings. The van der Waals surface area contributed by atoms with Gasteiger partial charge >= 0.3 is 6.09 Å². The molecule has 3 atom stereocenters. The van der Waals surface area contributed by atoms with Gasteiger partial charge in [-0.1, -0.05) is 45.3 Å². The lowest BCUT2D eigenvalue weighted by atomic mass is 9.86. The van der Waals surface area contributed by atoms with Gasteiger partial charge in [-0.3, -0.25) is 4.98 Å². The number of fused-ring (bicyclic) bond motifs is 3. The summed E-state index contributed by atoms with van der Waals surface area (Å²) in [6, 6.07) is 6.23. The molecule has 13 nitrogen and oxygen atoms in total. The van der Waals surface area contributed by atoms with E-state index in [1.807, 2.05) is 67.7 Å². The molecule has 6 heterocycles. The van der Waals surface area contributed by atoms with E-state index in [0.29, 0.717) is 39.1 Å². The summed E-state index contributed by atoms with van der Waals surface area (Å²) in [7, 11) is -2.67. The van der Waals surface area contributed by atoms with Crippen molar-refractivity contribution in [2.24, 2.45) is 0 Å². The van der Waals surface area contributed by atoms with E-state index in [2.05, 4.69) is 54.1 Å². The molecule has 2 aliphatic rings. The van der Waals surface area contributed by atoms with Gasteiger partial charge in [0.2, 0.25) is 0 Å². The van der Waals surface area contributed by atoms with E-state index < -0.39 is 21.7 Å². The molecule has 0 spiro atoms. The van der Waals surface area contributed by atoms with E-state index in [9.17, 15) is 4.79 Å². The van der Waals surface area contributed by atoms with Crippen molar-refractivity contribution in [2.75, 3.05) is 38.2 Å². The van der Waals surface area contributed by atoms with Crippen LogP contribution in [0.1, 0.15) is 70.6 Å². The lowest BCUT2D eigenvalue weighted by Crippen LogP contribution is -2.48. The molecule has 4 aromatic rings. The highest BCUT2D eigenvalue weighted by Crippen LogP contribution is 2.46. The van der Waals surface area contributed by atoms with Crippen LogP contribution in [0.25, 0.3) is 34.4 Å². The maximum absolute atomic E-state index is 13.5. The van der Waals surface area contributed by atoms with E-state index in [0.717, 1.165) is 77.3 Å². The first-order valence-electron chi connectivity index (χ1n) is 20.6. The van der Waals surface area contributed by atoms with Gasteiger partial charge in [-0.05, 0) is 77.6 Å². The second-order valence-electron chi connectivity index (χ2n) is 18.8. The molecule has 57 heavy (non-hydrogen) atoms. The topological polar surface area (TPSA) is 132 Å². The van der Waals surface area contributed by atoms with Gasteiger partial charge in [0.25, 0.3) is 0 Å². The molecule has 2 aliphatic heterocycles. The average molecular weight is 817 g/mol. The molecule has 1 unspecified atom stereocenters. The highest BCUT2D eigenvalue weighted by atomic mass is 28.3. The van der Waals surface area contributed by atoms with Gasteiger partial charge in [0.15, 0.2) is 11.5 Å². The summed E-state index contributed by atoms with van der Waals surface area (Å²) in [5.41, 5.74) is 4.53. The lowest BCUT2D eigenvalue weighted by molar-refractivity contribution is 0.00568. The minimum Gasteiger partial charge on any atom is -0.501 e. The van der Waals surface area contributed by atoms with Crippen molar-refractivity contribution in [1.29, 1.82) is 0 Å². The Labute approximate surface area is 340 Å². The third-order valence-corrected chi connectivity index (χ3v) is 13.9. The van der Waals surface area contributed by atoms with Crippen LogP contribution in [-0.2, 0) is 18.9 Å². The number of pyridine rings is 1. The predicted molar refractivity (Wildman–Crippen MR) is 232 cm³/mol. The first-order valence-corrected chi connectivity index (χ1v) is 28.0. The third kappa shape index (κ3) is 10.9. The predicted octanol–water partition coefficient (Wildman–Crippen LogP) is 9.27. The Morgan fingerprint density at radius 2 is 1.63 bits per heavy atom. The molecular formula is C42H64N8O5Si2. The first-order chi connectivity index (χ1) is 27.0. The number of imidazole rings is 1. The van der Waals surface area contributed by atoms with Crippen molar-refractivity contribution in [3.05, 3.63) is 54.4 Å². The summed E-state index contributed by atoms with van der Waals surface area (Å²) in [5.74, 6) is 1.61. The van der Waals surface area contributed by atoms with Gasteiger partial charge in [-0.25, -0.2) is 14.8 Å². The Morgan fingerprint density at radius 3 is 2.18 bits per heavy atom. The van der Waals surface area contributed by atoms with Gasteiger partial charge in [0.1, 0.15) is 30.6 Å². The molecule has 1 amide bonds. The number of anilines is 1. The fraction of sp³-hybridized carbons (Fsp3) is 0.595. The highest BCUT2D eigenvalue weighted by Gasteiger charge is 2.46. The van der Waals surface area contributed by atoms with Crippen molar-refractivity contribution in [1.82, 2.24) is 34.4 Å². The minimum atomic E-state index is -1.33. The zero-order chi connectivity index (χ0) is 41.0. The molecule has 0 aliphatic carbocycles. The van der Waals surface area contributed by atoms with Crippen LogP contribution in [0, 0.1) is 0 Å². The zero-order valence-electron chi connectivity index (χ0n) is 35.8. The van der Waals surface area contributed by atoms with Crippen molar-refractivity contribution in [3.63, 3.8) is 0 Å². The van der Waals surface area contributed by atoms with E-state index in [-0.39, 0.29) is 24.1 Å². The number of nitrogens with one attached hydrogen (secondary N) is 1. The molecule has 6 rings (SSSR count). The Hall–Kier alpha value is -4.06.